The zero-order valence-corrected chi connectivity index (χ0v) is 7.54. The molecular weight excluding hydrogens is 148 g/mol. The third kappa shape index (κ3) is 2.47. The van der Waals surface area contributed by atoms with Gasteiger partial charge in [-0.2, -0.15) is 0 Å². The Labute approximate surface area is 73.3 Å². The molecule has 12 heavy (non-hydrogen) atoms. The van der Waals surface area contributed by atoms with Crippen molar-refractivity contribution in [2.45, 2.75) is 6.92 Å². The molecule has 64 valence electrons. The predicted octanol–water partition coefficient (Wildman–Crippen LogP) is 1.62. The van der Waals surface area contributed by atoms with E-state index in [1.54, 1.807) is 0 Å². The molecule has 2 heteroatoms. The van der Waals surface area contributed by atoms with Crippen molar-refractivity contribution in [3.63, 3.8) is 0 Å². The summed E-state index contributed by atoms with van der Waals surface area (Å²) in [5.41, 5.74) is 2.26. The van der Waals surface area contributed by atoms with Gasteiger partial charge in [0.15, 0.2) is 0 Å². The first-order valence-corrected chi connectivity index (χ1v) is 4.07. The summed E-state index contributed by atoms with van der Waals surface area (Å²) >= 11 is 0. The van der Waals surface area contributed by atoms with Gasteiger partial charge in [-0.1, -0.05) is 12.1 Å². The lowest BCUT2D eigenvalue weighted by Gasteiger charge is -1.96. The second kappa shape index (κ2) is 4.67. The van der Waals surface area contributed by atoms with Crippen LogP contribution < -0.4 is 5.32 Å². The van der Waals surface area contributed by atoms with Gasteiger partial charge in [-0.25, -0.2) is 0 Å². The van der Waals surface area contributed by atoms with Crippen molar-refractivity contribution >= 4 is 6.08 Å². The first-order chi connectivity index (χ1) is 5.84. The largest absolute Gasteiger partial charge is 0.316 e. The van der Waals surface area contributed by atoms with Crippen LogP contribution in [0.2, 0.25) is 0 Å². The van der Waals surface area contributed by atoms with Crippen molar-refractivity contribution in [1.29, 1.82) is 0 Å². The first-order valence-electron chi connectivity index (χ1n) is 4.07. The van der Waals surface area contributed by atoms with Crippen molar-refractivity contribution in [2.24, 2.45) is 0 Å². The van der Waals surface area contributed by atoms with Gasteiger partial charge in [0.25, 0.3) is 0 Å². The maximum Gasteiger partial charge on any atom is 0.0656 e. The van der Waals surface area contributed by atoms with Gasteiger partial charge in [0.05, 0.1) is 5.69 Å². The minimum absolute atomic E-state index is 0.885. The minimum Gasteiger partial charge on any atom is -0.316 e. The summed E-state index contributed by atoms with van der Waals surface area (Å²) in [4.78, 5) is 4.24. The number of hydrogen-bond acceptors (Lipinski definition) is 2. The molecule has 1 heterocycles. The van der Waals surface area contributed by atoms with Gasteiger partial charge < -0.3 is 5.32 Å². The molecule has 0 aliphatic heterocycles. The molecule has 1 aromatic heterocycles. The Hall–Kier alpha value is -1.15. The normalized spacial score (nSPS) is 10.8. The Bertz CT molecular complexity index is 266. The summed E-state index contributed by atoms with van der Waals surface area (Å²) in [5.74, 6) is 0. The number of nitrogens with zero attached hydrogens (tertiary/aromatic N) is 1. The van der Waals surface area contributed by atoms with Gasteiger partial charge in [-0.15, -0.1) is 0 Å². The van der Waals surface area contributed by atoms with E-state index in [1.807, 2.05) is 25.4 Å². The molecule has 0 saturated carbocycles. The highest BCUT2D eigenvalue weighted by atomic mass is 14.8. The number of pyridine rings is 1. The number of likely N-dealkylation sites (N-methyl/N-ethyl adjacent to an activating group) is 1. The van der Waals surface area contributed by atoms with Crippen LogP contribution in [0.1, 0.15) is 11.3 Å². The van der Waals surface area contributed by atoms with Crippen molar-refractivity contribution in [3.05, 3.63) is 35.7 Å². The van der Waals surface area contributed by atoms with Crippen LogP contribution in [0, 0.1) is 6.92 Å². The molecule has 0 unspecified atom stereocenters. The Morgan fingerprint density at radius 3 is 3.08 bits per heavy atom. The molecule has 0 aliphatic rings. The molecule has 0 fully saturated rings. The van der Waals surface area contributed by atoms with Crippen LogP contribution in [0.15, 0.2) is 24.4 Å². The van der Waals surface area contributed by atoms with Crippen molar-refractivity contribution in [1.82, 2.24) is 10.3 Å². The summed E-state index contributed by atoms with van der Waals surface area (Å²) in [6.07, 6.45) is 5.91. The van der Waals surface area contributed by atoms with Gasteiger partial charge in [0, 0.05) is 12.7 Å². The molecule has 0 aromatic carbocycles. The predicted molar refractivity (Wildman–Crippen MR) is 51.9 cm³/mol. The first kappa shape index (κ1) is 8.94. The quantitative estimate of drug-likeness (QED) is 0.730. The number of aryl methyl sites for hydroxylation is 1. The van der Waals surface area contributed by atoms with Crippen LogP contribution in [0.5, 0.6) is 0 Å². The number of nitrogens with one attached hydrogen (secondary N) is 1. The Balaban J connectivity index is 2.68. The van der Waals surface area contributed by atoms with Gasteiger partial charge in [-0.3, -0.25) is 4.98 Å². The lowest BCUT2D eigenvalue weighted by molar-refractivity contribution is 0.922. The van der Waals surface area contributed by atoms with Crippen LogP contribution in [0.3, 0.4) is 0 Å². The molecule has 0 aliphatic carbocycles. The van der Waals surface area contributed by atoms with E-state index in [-0.39, 0.29) is 0 Å². The third-order valence-corrected chi connectivity index (χ3v) is 1.65. The number of hydrogen-bond donors (Lipinski definition) is 1. The van der Waals surface area contributed by atoms with E-state index in [2.05, 4.69) is 29.4 Å². The van der Waals surface area contributed by atoms with E-state index >= 15 is 0 Å². The lowest BCUT2D eigenvalue weighted by atomic mass is 10.2. The molecule has 1 rings (SSSR count). The summed E-state index contributed by atoms with van der Waals surface area (Å²) < 4.78 is 0. The van der Waals surface area contributed by atoms with Crippen LogP contribution in [-0.2, 0) is 0 Å². The van der Waals surface area contributed by atoms with Gasteiger partial charge in [0.2, 0.25) is 0 Å². The van der Waals surface area contributed by atoms with Crippen molar-refractivity contribution < 1.29 is 0 Å². The number of aromatic nitrogens is 1. The molecule has 0 spiro atoms. The molecular formula is C10H14N2. The third-order valence-electron chi connectivity index (χ3n) is 1.65. The monoisotopic (exact) mass is 162 g/mol. The van der Waals surface area contributed by atoms with Crippen LogP contribution in [-0.4, -0.2) is 18.6 Å². The van der Waals surface area contributed by atoms with Crippen LogP contribution in [0.4, 0.5) is 0 Å². The Kier molecular flexibility index (Phi) is 3.48. The average molecular weight is 162 g/mol. The summed E-state index contributed by atoms with van der Waals surface area (Å²) in [5, 5.41) is 3.04. The fourth-order valence-corrected chi connectivity index (χ4v) is 0.961. The van der Waals surface area contributed by atoms with Crippen LogP contribution >= 0.6 is 0 Å². The highest BCUT2D eigenvalue weighted by Crippen LogP contribution is 2.04. The topological polar surface area (TPSA) is 24.9 Å². The molecule has 1 aromatic rings. The highest BCUT2D eigenvalue weighted by Gasteiger charge is 1.90. The zero-order valence-electron chi connectivity index (χ0n) is 7.54. The van der Waals surface area contributed by atoms with Crippen molar-refractivity contribution in [3.8, 4) is 0 Å². The molecule has 0 bridgehead atoms. The minimum atomic E-state index is 0.885. The number of rotatable bonds is 3. The van der Waals surface area contributed by atoms with Gasteiger partial charge >= 0.3 is 0 Å². The molecule has 0 amide bonds. The van der Waals surface area contributed by atoms with E-state index in [4.69, 9.17) is 0 Å². The van der Waals surface area contributed by atoms with E-state index in [0.717, 1.165) is 12.2 Å². The molecule has 0 atom stereocenters. The maximum absolute atomic E-state index is 4.24. The maximum atomic E-state index is 4.24. The van der Waals surface area contributed by atoms with E-state index < -0.39 is 0 Å². The van der Waals surface area contributed by atoms with Gasteiger partial charge in [-0.05, 0) is 31.7 Å². The second-order valence-corrected chi connectivity index (χ2v) is 2.67. The standard InChI is InChI=1S/C10H14N2/c1-9-5-3-8-12-10(9)6-4-7-11-2/h3-6,8,11H,7H2,1-2H3. The highest BCUT2D eigenvalue weighted by molar-refractivity contribution is 5.48. The van der Waals surface area contributed by atoms with Gasteiger partial charge in [0.1, 0.15) is 0 Å². The summed E-state index contributed by atoms with van der Waals surface area (Å²) in [6.45, 7) is 2.95. The van der Waals surface area contributed by atoms with E-state index in [9.17, 15) is 0 Å². The van der Waals surface area contributed by atoms with Crippen molar-refractivity contribution in [2.75, 3.05) is 13.6 Å². The average Bonchev–Trinajstić information content (AvgIpc) is 2.09. The summed E-state index contributed by atoms with van der Waals surface area (Å²) in [6, 6.07) is 4.01. The molecule has 2 nitrogen and oxygen atoms in total. The zero-order chi connectivity index (χ0) is 8.81. The Morgan fingerprint density at radius 2 is 2.42 bits per heavy atom. The van der Waals surface area contributed by atoms with E-state index in [1.165, 1.54) is 5.56 Å². The fourth-order valence-electron chi connectivity index (χ4n) is 0.961. The lowest BCUT2D eigenvalue weighted by Crippen LogP contribution is -2.03. The Morgan fingerprint density at radius 1 is 1.58 bits per heavy atom. The SMILES string of the molecule is CNCC=Cc1ncccc1C. The fraction of sp³-hybridized carbons (Fsp3) is 0.300. The molecule has 0 radical (unpaired) electrons. The molecule has 0 saturated heterocycles. The van der Waals surface area contributed by atoms with E-state index in [0.29, 0.717) is 0 Å². The second-order valence-electron chi connectivity index (χ2n) is 2.67. The summed E-state index contributed by atoms with van der Waals surface area (Å²) in [7, 11) is 1.93. The smallest absolute Gasteiger partial charge is 0.0656 e. The van der Waals surface area contributed by atoms with Crippen LogP contribution in [0.25, 0.3) is 6.08 Å². The molecule has 1 N–H and O–H groups in total.